The lowest BCUT2D eigenvalue weighted by Gasteiger charge is -2.27. The van der Waals surface area contributed by atoms with Crippen molar-refractivity contribution < 1.29 is 0 Å². The van der Waals surface area contributed by atoms with Gasteiger partial charge >= 0.3 is 0 Å². The molecule has 1 saturated heterocycles. The Morgan fingerprint density at radius 2 is 2.24 bits per heavy atom. The number of pyridine rings is 1. The van der Waals surface area contributed by atoms with E-state index in [1.54, 1.807) is 6.20 Å². The zero-order valence-electron chi connectivity index (χ0n) is 10.8. The third kappa shape index (κ3) is 3.41. The van der Waals surface area contributed by atoms with E-state index in [1.807, 2.05) is 12.1 Å². The first-order valence-electron chi connectivity index (χ1n) is 6.28. The van der Waals surface area contributed by atoms with Crippen LogP contribution in [0.2, 0.25) is 0 Å². The minimum absolute atomic E-state index is 0.585. The molecule has 1 aromatic rings. The second-order valence-corrected chi connectivity index (χ2v) is 5.02. The molecule has 1 aliphatic rings. The van der Waals surface area contributed by atoms with Gasteiger partial charge in [-0.15, -0.1) is 0 Å². The van der Waals surface area contributed by atoms with Gasteiger partial charge in [0.15, 0.2) is 0 Å². The molecule has 0 aromatic carbocycles. The molecule has 1 unspecified atom stereocenters. The van der Waals surface area contributed by atoms with Crippen LogP contribution in [0.15, 0.2) is 18.3 Å². The predicted molar refractivity (Wildman–Crippen MR) is 70.6 cm³/mol. The fraction of sp³-hybridized carbons (Fsp3) is 0.615. The second kappa shape index (κ2) is 5.47. The summed E-state index contributed by atoms with van der Waals surface area (Å²) < 4.78 is 0. The van der Waals surface area contributed by atoms with E-state index in [4.69, 9.17) is 5.73 Å². The summed E-state index contributed by atoms with van der Waals surface area (Å²) in [6, 6.07) is 4.54. The summed E-state index contributed by atoms with van der Waals surface area (Å²) in [5.41, 5.74) is 7.49. The fourth-order valence-electron chi connectivity index (χ4n) is 2.39. The van der Waals surface area contributed by atoms with Crippen molar-refractivity contribution in [3.05, 3.63) is 24.0 Å². The molecule has 94 valence electrons. The first-order valence-corrected chi connectivity index (χ1v) is 6.28. The van der Waals surface area contributed by atoms with Crippen LogP contribution in [0.5, 0.6) is 0 Å². The Morgan fingerprint density at radius 3 is 2.94 bits per heavy atom. The molecule has 0 aliphatic carbocycles. The molecule has 2 heterocycles. The van der Waals surface area contributed by atoms with Crippen molar-refractivity contribution in [2.45, 2.75) is 25.9 Å². The zero-order valence-corrected chi connectivity index (χ0v) is 10.8. The summed E-state index contributed by atoms with van der Waals surface area (Å²) in [6.45, 7) is 6.69. The van der Waals surface area contributed by atoms with Crippen molar-refractivity contribution in [2.75, 3.05) is 32.4 Å². The van der Waals surface area contributed by atoms with Gasteiger partial charge in [0.05, 0.1) is 17.6 Å². The van der Waals surface area contributed by atoms with E-state index < -0.39 is 0 Å². The molecular formula is C13H22N4. The number of likely N-dealkylation sites (N-methyl/N-ethyl adjacent to an activating group) is 1. The van der Waals surface area contributed by atoms with Gasteiger partial charge in [-0.3, -0.25) is 9.88 Å². The molecule has 0 spiro atoms. The summed E-state index contributed by atoms with van der Waals surface area (Å²) in [4.78, 5) is 9.28. The van der Waals surface area contributed by atoms with Gasteiger partial charge in [-0.25, -0.2) is 0 Å². The highest BCUT2D eigenvalue weighted by molar-refractivity contribution is 5.34. The summed E-state index contributed by atoms with van der Waals surface area (Å²) in [5, 5.41) is 0. The molecule has 0 saturated carbocycles. The first kappa shape index (κ1) is 12.3. The Morgan fingerprint density at radius 1 is 1.41 bits per heavy atom. The number of hydrogen-bond acceptors (Lipinski definition) is 4. The first-order chi connectivity index (χ1) is 8.15. The Balaban J connectivity index is 1.99. The summed E-state index contributed by atoms with van der Waals surface area (Å²) >= 11 is 0. The molecule has 4 nitrogen and oxygen atoms in total. The highest BCUT2D eigenvalue weighted by atomic mass is 15.2. The molecule has 0 radical (unpaired) electrons. The lowest BCUT2D eigenvalue weighted by Crippen LogP contribution is -2.37. The quantitative estimate of drug-likeness (QED) is 0.835. The minimum Gasteiger partial charge on any atom is -0.397 e. The van der Waals surface area contributed by atoms with E-state index in [0.717, 1.165) is 31.0 Å². The van der Waals surface area contributed by atoms with Crippen LogP contribution in [-0.4, -0.2) is 47.5 Å². The number of hydrogen-bond donors (Lipinski definition) is 1. The Kier molecular flexibility index (Phi) is 3.97. The third-order valence-electron chi connectivity index (χ3n) is 3.40. The maximum absolute atomic E-state index is 5.65. The molecule has 2 rings (SSSR count). The van der Waals surface area contributed by atoms with Crippen molar-refractivity contribution in [1.82, 2.24) is 14.8 Å². The van der Waals surface area contributed by atoms with Crippen LogP contribution in [-0.2, 0) is 6.54 Å². The van der Waals surface area contributed by atoms with Gasteiger partial charge in [0.1, 0.15) is 0 Å². The molecule has 0 bridgehead atoms. The third-order valence-corrected chi connectivity index (χ3v) is 3.40. The second-order valence-electron chi connectivity index (χ2n) is 5.02. The summed E-state index contributed by atoms with van der Waals surface area (Å²) in [6.07, 6.45) is 2.97. The number of nitrogens with two attached hydrogens (primary N) is 1. The molecule has 0 amide bonds. The van der Waals surface area contributed by atoms with Gasteiger partial charge in [0.2, 0.25) is 0 Å². The summed E-state index contributed by atoms with van der Waals surface area (Å²) in [7, 11) is 2.20. The molecule has 1 fully saturated rings. The van der Waals surface area contributed by atoms with Crippen molar-refractivity contribution >= 4 is 5.69 Å². The molecule has 17 heavy (non-hydrogen) atoms. The highest BCUT2D eigenvalue weighted by Gasteiger charge is 2.19. The lowest BCUT2D eigenvalue weighted by molar-refractivity contribution is 0.192. The average Bonchev–Trinajstić information content (AvgIpc) is 2.44. The van der Waals surface area contributed by atoms with Crippen LogP contribution in [0.3, 0.4) is 0 Å². The number of nitrogen functional groups attached to an aromatic ring is 1. The van der Waals surface area contributed by atoms with Gasteiger partial charge in [-0.05, 0) is 39.1 Å². The van der Waals surface area contributed by atoms with Gasteiger partial charge < -0.3 is 10.6 Å². The van der Waals surface area contributed by atoms with Crippen LogP contribution in [0.4, 0.5) is 5.69 Å². The molecule has 4 heteroatoms. The fourth-order valence-corrected chi connectivity index (χ4v) is 2.39. The van der Waals surface area contributed by atoms with Crippen LogP contribution in [0.25, 0.3) is 0 Å². The number of anilines is 1. The Bertz CT molecular complexity index is 349. The SMILES string of the molecule is CC1CN(C)CCCN1Cc1ccc(N)cn1. The van der Waals surface area contributed by atoms with Crippen LogP contribution >= 0.6 is 0 Å². The topological polar surface area (TPSA) is 45.4 Å². The molecule has 1 atom stereocenters. The van der Waals surface area contributed by atoms with Crippen molar-refractivity contribution in [3.63, 3.8) is 0 Å². The van der Waals surface area contributed by atoms with Gasteiger partial charge in [0.25, 0.3) is 0 Å². The molecule has 1 aliphatic heterocycles. The van der Waals surface area contributed by atoms with Crippen LogP contribution < -0.4 is 5.73 Å². The van der Waals surface area contributed by atoms with Crippen LogP contribution in [0, 0.1) is 0 Å². The average molecular weight is 234 g/mol. The van der Waals surface area contributed by atoms with Crippen molar-refractivity contribution in [3.8, 4) is 0 Å². The van der Waals surface area contributed by atoms with Crippen molar-refractivity contribution in [1.29, 1.82) is 0 Å². The number of aromatic nitrogens is 1. The maximum atomic E-state index is 5.65. The summed E-state index contributed by atoms with van der Waals surface area (Å²) in [5.74, 6) is 0. The van der Waals surface area contributed by atoms with Crippen molar-refractivity contribution in [2.24, 2.45) is 0 Å². The molecule has 1 aromatic heterocycles. The maximum Gasteiger partial charge on any atom is 0.0545 e. The standard InChI is InChI=1S/C13H22N4/c1-11-9-16(2)6-3-7-17(11)10-13-5-4-12(14)8-15-13/h4-5,8,11H,3,6-7,9-10,14H2,1-2H3. The van der Waals surface area contributed by atoms with Gasteiger partial charge in [-0.2, -0.15) is 0 Å². The molecule has 2 N–H and O–H groups in total. The largest absolute Gasteiger partial charge is 0.397 e. The number of nitrogens with zero attached hydrogens (tertiary/aromatic N) is 3. The highest BCUT2D eigenvalue weighted by Crippen LogP contribution is 2.12. The van der Waals surface area contributed by atoms with E-state index in [2.05, 4.69) is 28.8 Å². The predicted octanol–water partition coefficient (Wildman–Crippen LogP) is 1.19. The van der Waals surface area contributed by atoms with Gasteiger partial charge in [-0.1, -0.05) is 0 Å². The van der Waals surface area contributed by atoms with E-state index in [9.17, 15) is 0 Å². The van der Waals surface area contributed by atoms with E-state index >= 15 is 0 Å². The van der Waals surface area contributed by atoms with E-state index in [0.29, 0.717) is 6.04 Å². The monoisotopic (exact) mass is 234 g/mol. The smallest absolute Gasteiger partial charge is 0.0545 e. The Hall–Kier alpha value is -1.13. The number of rotatable bonds is 2. The zero-order chi connectivity index (χ0) is 12.3. The van der Waals surface area contributed by atoms with Crippen LogP contribution in [0.1, 0.15) is 19.0 Å². The van der Waals surface area contributed by atoms with Gasteiger partial charge in [0, 0.05) is 25.7 Å². The molecular weight excluding hydrogens is 212 g/mol. The minimum atomic E-state index is 0.585. The van der Waals surface area contributed by atoms with E-state index in [1.165, 1.54) is 13.0 Å². The lowest BCUT2D eigenvalue weighted by atomic mass is 10.2. The normalized spacial score (nSPS) is 23.5. The Labute approximate surface area is 103 Å². The van der Waals surface area contributed by atoms with E-state index in [-0.39, 0.29) is 0 Å².